The summed E-state index contributed by atoms with van der Waals surface area (Å²) in [7, 11) is 0. The molecular formula is C15H17N3O4S. The maximum absolute atomic E-state index is 12.1. The van der Waals surface area contributed by atoms with E-state index in [9.17, 15) is 14.4 Å². The number of H-pyrrole nitrogens is 1. The summed E-state index contributed by atoms with van der Waals surface area (Å²) in [5.74, 6) is -0.895. The average Bonchev–Trinajstić information content (AvgIpc) is 3.19. The van der Waals surface area contributed by atoms with Gasteiger partial charge in [-0.25, -0.2) is 9.78 Å². The number of nitrogens with zero attached hydrogens (tertiary/aromatic N) is 1. The highest BCUT2D eigenvalue weighted by Crippen LogP contribution is 2.35. The van der Waals surface area contributed by atoms with Gasteiger partial charge in [0.25, 0.3) is 5.56 Å². The fourth-order valence-electron chi connectivity index (χ4n) is 2.50. The summed E-state index contributed by atoms with van der Waals surface area (Å²) in [6, 6.07) is 0. The monoisotopic (exact) mass is 335 g/mol. The van der Waals surface area contributed by atoms with Crippen LogP contribution in [0.5, 0.6) is 0 Å². The number of thiophene rings is 1. The van der Waals surface area contributed by atoms with E-state index in [1.165, 1.54) is 11.3 Å². The molecule has 1 aliphatic rings. The number of amides is 1. The molecule has 3 rings (SSSR count). The van der Waals surface area contributed by atoms with Crippen LogP contribution in [0.15, 0.2) is 4.79 Å². The zero-order valence-electron chi connectivity index (χ0n) is 12.9. The Balaban J connectivity index is 1.71. The normalized spacial score (nSPS) is 15.6. The Morgan fingerprint density at radius 2 is 2.09 bits per heavy atom. The lowest BCUT2D eigenvalue weighted by atomic mass is 10.2. The van der Waals surface area contributed by atoms with Gasteiger partial charge in [-0.1, -0.05) is 0 Å². The highest BCUT2D eigenvalue weighted by atomic mass is 32.1. The fraction of sp³-hybridized carbons (Fsp3) is 0.467. The van der Waals surface area contributed by atoms with Gasteiger partial charge in [-0.15, -0.1) is 11.3 Å². The molecule has 1 aliphatic carbocycles. The molecule has 2 heterocycles. The average molecular weight is 335 g/mol. The number of fused-ring (bicyclic) bond motifs is 1. The Morgan fingerprint density at radius 1 is 1.39 bits per heavy atom. The van der Waals surface area contributed by atoms with Crippen molar-refractivity contribution in [1.29, 1.82) is 0 Å². The third-order valence-electron chi connectivity index (χ3n) is 4.22. The number of aromatic nitrogens is 2. The summed E-state index contributed by atoms with van der Waals surface area (Å²) in [5, 5.41) is 12.2. The molecule has 0 spiro atoms. The lowest BCUT2D eigenvalue weighted by Gasteiger charge is -2.11. The summed E-state index contributed by atoms with van der Waals surface area (Å²) < 4.78 is 0. The maximum atomic E-state index is 12.1. The number of aromatic amines is 1. The molecule has 7 nitrogen and oxygen atoms in total. The van der Waals surface area contributed by atoms with Gasteiger partial charge in [0.15, 0.2) is 0 Å². The van der Waals surface area contributed by atoms with Crippen molar-refractivity contribution in [3.8, 4) is 0 Å². The number of nitrogens with one attached hydrogen (secondary N) is 2. The molecule has 0 aliphatic heterocycles. The Morgan fingerprint density at radius 3 is 2.70 bits per heavy atom. The van der Waals surface area contributed by atoms with Crippen molar-refractivity contribution in [2.24, 2.45) is 0 Å². The molecule has 1 saturated carbocycles. The second kappa shape index (κ2) is 5.45. The highest BCUT2D eigenvalue weighted by Gasteiger charge is 2.51. The zero-order chi connectivity index (χ0) is 16.8. The minimum atomic E-state index is -1.08. The van der Waals surface area contributed by atoms with Gasteiger partial charge in [-0.3, -0.25) is 9.59 Å². The molecule has 0 aromatic carbocycles. The largest absolute Gasteiger partial charge is 0.480 e. The molecule has 2 aromatic heterocycles. The summed E-state index contributed by atoms with van der Waals surface area (Å²) in [6.07, 6.45) is 1.28. The van der Waals surface area contributed by atoms with Crippen LogP contribution in [0.2, 0.25) is 0 Å². The number of carbonyl (C=O) groups is 2. The molecule has 0 radical (unpaired) electrons. The van der Waals surface area contributed by atoms with Crippen molar-refractivity contribution < 1.29 is 14.7 Å². The maximum Gasteiger partial charge on any atom is 0.329 e. The minimum Gasteiger partial charge on any atom is -0.480 e. The zero-order valence-corrected chi connectivity index (χ0v) is 13.7. The molecular weight excluding hydrogens is 318 g/mol. The van der Waals surface area contributed by atoms with Crippen LogP contribution in [0.3, 0.4) is 0 Å². The van der Waals surface area contributed by atoms with E-state index in [0.717, 1.165) is 10.4 Å². The Kier molecular flexibility index (Phi) is 3.71. The van der Waals surface area contributed by atoms with Crippen molar-refractivity contribution >= 4 is 33.4 Å². The molecule has 1 amide bonds. The fourth-order valence-corrected chi connectivity index (χ4v) is 3.55. The second-order valence-corrected chi connectivity index (χ2v) is 7.11. The number of carbonyl (C=O) groups excluding carboxylic acids is 1. The second-order valence-electron chi connectivity index (χ2n) is 5.91. The van der Waals surface area contributed by atoms with E-state index < -0.39 is 11.5 Å². The lowest BCUT2D eigenvalue weighted by molar-refractivity contribution is -0.143. The first-order valence-corrected chi connectivity index (χ1v) is 8.17. The molecule has 0 unspecified atom stereocenters. The molecule has 23 heavy (non-hydrogen) atoms. The molecule has 122 valence electrons. The third kappa shape index (κ3) is 2.86. The molecule has 1 fully saturated rings. The number of rotatable bonds is 5. The van der Waals surface area contributed by atoms with Crippen molar-refractivity contribution in [2.45, 2.75) is 45.1 Å². The van der Waals surface area contributed by atoms with Crippen LogP contribution >= 0.6 is 11.3 Å². The van der Waals surface area contributed by atoms with Gasteiger partial charge in [0.1, 0.15) is 16.2 Å². The van der Waals surface area contributed by atoms with E-state index in [1.807, 2.05) is 13.8 Å². The van der Waals surface area contributed by atoms with Gasteiger partial charge < -0.3 is 15.4 Å². The van der Waals surface area contributed by atoms with Crippen LogP contribution in [0.4, 0.5) is 0 Å². The molecule has 0 bridgehead atoms. The van der Waals surface area contributed by atoms with E-state index in [-0.39, 0.29) is 24.3 Å². The molecule has 8 heteroatoms. The molecule has 0 atom stereocenters. The third-order valence-corrected chi connectivity index (χ3v) is 5.32. The predicted octanol–water partition coefficient (Wildman–Crippen LogP) is 1.27. The van der Waals surface area contributed by atoms with Crippen LogP contribution in [0.25, 0.3) is 10.2 Å². The lowest BCUT2D eigenvalue weighted by Crippen LogP contribution is -2.43. The molecule has 3 N–H and O–H groups in total. The van der Waals surface area contributed by atoms with E-state index in [0.29, 0.717) is 28.9 Å². The van der Waals surface area contributed by atoms with Crippen LogP contribution < -0.4 is 10.9 Å². The standard InChI is InChI=1S/C15H17N3O4S/c1-7-8(2)23-13-11(7)12(20)16-9(17-13)3-4-10(19)18-15(5-6-15)14(21)22/h3-6H2,1-2H3,(H,18,19)(H,21,22)(H,16,17,20). The number of aryl methyl sites for hydroxylation is 3. The van der Waals surface area contributed by atoms with Crippen molar-refractivity contribution in [2.75, 3.05) is 0 Å². The first-order valence-electron chi connectivity index (χ1n) is 7.36. The van der Waals surface area contributed by atoms with Crippen LogP contribution in [-0.2, 0) is 16.0 Å². The number of hydrogen-bond acceptors (Lipinski definition) is 5. The Hall–Kier alpha value is -2.22. The van der Waals surface area contributed by atoms with E-state index in [4.69, 9.17) is 5.11 Å². The van der Waals surface area contributed by atoms with Crippen LogP contribution in [0, 0.1) is 13.8 Å². The van der Waals surface area contributed by atoms with Gasteiger partial charge >= 0.3 is 5.97 Å². The minimum absolute atomic E-state index is 0.0901. The van der Waals surface area contributed by atoms with Gasteiger partial charge in [-0.05, 0) is 32.3 Å². The molecule has 2 aromatic rings. The Bertz CT molecular complexity index is 863. The van der Waals surface area contributed by atoms with E-state index in [2.05, 4.69) is 15.3 Å². The smallest absolute Gasteiger partial charge is 0.329 e. The Labute approximate surface area is 135 Å². The van der Waals surface area contributed by atoms with Crippen molar-refractivity contribution in [3.05, 3.63) is 26.6 Å². The van der Waals surface area contributed by atoms with Gasteiger partial charge in [-0.2, -0.15) is 0 Å². The SMILES string of the molecule is Cc1sc2nc(CCC(=O)NC3(C(=O)O)CC3)[nH]c(=O)c2c1C. The predicted molar refractivity (Wildman–Crippen MR) is 85.8 cm³/mol. The van der Waals surface area contributed by atoms with Crippen molar-refractivity contribution in [3.63, 3.8) is 0 Å². The van der Waals surface area contributed by atoms with Gasteiger partial charge in [0, 0.05) is 17.7 Å². The summed E-state index contributed by atoms with van der Waals surface area (Å²) in [5.41, 5.74) is -0.347. The number of hydrogen-bond donors (Lipinski definition) is 3. The van der Waals surface area contributed by atoms with Crippen LogP contribution in [0.1, 0.15) is 35.5 Å². The van der Waals surface area contributed by atoms with E-state index >= 15 is 0 Å². The molecule has 0 saturated heterocycles. The van der Waals surface area contributed by atoms with Gasteiger partial charge in [0.05, 0.1) is 5.39 Å². The summed E-state index contributed by atoms with van der Waals surface area (Å²) in [4.78, 5) is 43.9. The quantitative estimate of drug-likeness (QED) is 0.762. The van der Waals surface area contributed by atoms with Gasteiger partial charge in [0.2, 0.25) is 5.91 Å². The number of carboxylic acid groups (broad SMARTS) is 1. The summed E-state index contributed by atoms with van der Waals surface area (Å²) >= 11 is 1.46. The van der Waals surface area contributed by atoms with Crippen LogP contribution in [-0.4, -0.2) is 32.5 Å². The highest BCUT2D eigenvalue weighted by molar-refractivity contribution is 7.18. The van der Waals surface area contributed by atoms with Crippen molar-refractivity contribution in [1.82, 2.24) is 15.3 Å². The summed E-state index contributed by atoms with van der Waals surface area (Å²) in [6.45, 7) is 3.83. The number of carboxylic acids is 1. The number of aliphatic carboxylic acids is 1. The first kappa shape index (κ1) is 15.7. The topological polar surface area (TPSA) is 112 Å². The first-order chi connectivity index (χ1) is 10.8. The van der Waals surface area contributed by atoms with E-state index in [1.54, 1.807) is 0 Å².